The largest absolute Gasteiger partial charge is 0.340 e. The van der Waals surface area contributed by atoms with Crippen molar-refractivity contribution in [3.05, 3.63) is 59.8 Å². The van der Waals surface area contributed by atoms with Gasteiger partial charge in [0.2, 0.25) is 5.91 Å². The van der Waals surface area contributed by atoms with Gasteiger partial charge in [-0.1, -0.05) is 0 Å². The maximum atomic E-state index is 14.5. The monoisotopic (exact) mass is 545 g/mol. The highest BCUT2D eigenvalue weighted by atomic mass is 19.1. The first kappa shape index (κ1) is 26.6. The SMILES string of the molecule is CC(C)N(C(=O)c1cc(F)ccc1-n1cc(C(=O)C2CN(C(=O)[C@H]3N[C@@H]4CC[C@H]3C4)C2)c2ccncc21)C(C)C. The van der Waals surface area contributed by atoms with E-state index in [1.807, 2.05) is 27.7 Å². The molecule has 9 heteroatoms. The number of hydrogen-bond acceptors (Lipinski definition) is 5. The summed E-state index contributed by atoms with van der Waals surface area (Å²) in [7, 11) is 0. The van der Waals surface area contributed by atoms with E-state index in [1.54, 1.807) is 45.1 Å². The van der Waals surface area contributed by atoms with Crippen molar-refractivity contribution in [2.24, 2.45) is 11.8 Å². The second kappa shape index (κ2) is 10.1. The number of likely N-dealkylation sites (tertiary alicyclic amines) is 1. The third-order valence-electron chi connectivity index (χ3n) is 8.86. The summed E-state index contributed by atoms with van der Waals surface area (Å²) in [5.41, 5.74) is 1.88. The lowest BCUT2D eigenvalue weighted by molar-refractivity contribution is -0.139. The van der Waals surface area contributed by atoms with E-state index in [2.05, 4.69) is 10.3 Å². The van der Waals surface area contributed by atoms with Crippen LogP contribution in [0.5, 0.6) is 0 Å². The third kappa shape index (κ3) is 4.40. The smallest absolute Gasteiger partial charge is 0.256 e. The summed E-state index contributed by atoms with van der Waals surface area (Å²) in [4.78, 5) is 48.3. The number of carbonyl (C=O) groups excluding carboxylic acids is 3. The zero-order valence-corrected chi connectivity index (χ0v) is 23.4. The second-order valence-corrected chi connectivity index (χ2v) is 12.1. The molecule has 2 saturated heterocycles. The number of carbonyl (C=O) groups is 3. The molecule has 0 spiro atoms. The van der Waals surface area contributed by atoms with Gasteiger partial charge in [0.1, 0.15) is 5.82 Å². The number of pyridine rings is 1. The maximum Gasteiger partial charge on any atom is 0.256 e. The van der Waals surface area contributed by atoms with Crippen LogP contribution in [0.4, 0.5) is 4.39 Å². The number of amides is 2. The molecule has 3 atom stereocenters. The van der Waals surface area contributed by atoms with Crippen LogP contribution in [0.25, 0.3) is 16.6 Å². The summed E-state index contributed by atoms with van der Waals surface area (Å²) < 4.78 is 16.2. The summed E-state index contributed by atoms with van der Waals surface area (Å²) in [6.45, 7) is 8.54. The van der Waals surface area contributed by atoms with Gasteiger partial charge in [-0.15, -0.1) is 0 Å². The van der Waals surface area contributed by atoms with Gasteiger partial charge >= 0.3 is 0 Å². The van der Waals surface area contributed by atoms with Crippen LogP contribution in [0.1, 0.15) is 67.7 Å². The number of hydrogen-bond donors (Lipinski definition) is 1. The molecule has 2 aromatic heterocycles. The molecule has 0 unspecified atom stereocenters. The number of Topliss-reactive ketones (excluding diaryl/α,β-unsaturated/α-hetero) is 1. The van der Waals surface area contributed by atoms with Gasteiger partial charge in [-0.2, -0.15) is 0 Å². The predicted molar refractivity (Wildman–Crippen MR) is 150 cm³/mol. The molecule has 2 aliphatic heterocycles. The van der Waals surface area contributed by atoms with Crippen LogP contribution in [0, 0.1) is 17.7 Å². The zero-order chi connectivity index (χ0) is 28.3. The molecule has 1 N–H and O–H groups in total. The van der Waals surface area contributed by atoms with E-state index in [-0.39, 0.29) is 47.2 Å². The first-order valence-electron chi connectivity index (χ1n) is 14.3. The van der Waals surface area contributed by atoms with E-state index >= 15 is 0 Å². The van der Waals surface area contributed by atoms with E-state index in [4.69, 9.17) is 0 Å². The molecule has 3 fully saturated rings. The molecule has 8 nitrogen and oxygen atoms in total. The van der Waals surface area contributed by atoms with Gasteiger partial charge in [-0.25, -0.2) is 4.39 Å². The second-order valence-electron chi connectivity index (χ2n) is 12.1. The van der Waals surface area contributed by atoms with Crippen molar-refractivity contribution in [2.75, 3.05) is 13.1 Å². The molecule has 6 rings (SSSR count). The Hall–Kier alpha value is -3.59. The number of piperidine rings is 1. The minimum atomic E-state index is -0.505. The number of nitrogens with zero attached hydrogens (tertiary/aromatic N) is 4. The summed E-state index contributed by atoms with van der Waals surface area (Å²) >= 11 is 0. The van der Waals surface area contributed by atoms with Crippen molar-refractivity contribution in [3.63, 3.8) is 0 Å². The Bertz CT molecular complexity index is 1480. The van der Waals surface area contributed by atoms with Crippen molar-refractivity contribution in [2.45, 2.75) is 71.1 Å². The summed E-state index contributed by atoms with van der Waals surface area (Å²) in [6.07, 6.45) is 8.33. The Labute approximate surface area is 233 Å². The normalized spacial score (nSPS) is 22.4. The van der Waals surface area contributed by atoms with Crippen molar-refractivity contribution >= 4 is 28.5 Å². The highest BCUT2D eigenvalue weighted by Gasteiger charge is 2.47. The molecule has 3 aliphatic rings. The highest BCUT2D eigenvalue weighted by Crippen LogP contribution is 2.37. The molecule has 40 heavy (non-hydrogen) atoms. The van der Waals surface area contributed by atoms with Crippen LogP contribution >= 0.6 is 0 Å². The van der Waals surface area contributed by atoms with E-state index in [1.165, 1.54) is 12.1 Å². The fraction of sp³-hybridized carbons (Fsp3) is 0.484. The summed E-state index contributed by atoms with van der Waals surface area (Å²) in [5.74, 6) is -0.595. The van der Waals surface area contributed by atoms with Crippen molar-refractivity contribution < 1.29 is 18.8 Å². The fourth-order valence-corrected chi connectivity index (χ4v) is 6.94. The summed E-state index contributed by atoms with van der Waals surface area (Å²) in [6, 6.07) is 6.13. The van der Waals surface area contributed by atoms with E-state index < -0.39 is 5.82 Å². The molecule has 2 bridgehead atoms. The molecule has 1 aromatic carbocycles. The van der Waals surface area contributed by atoms with Crippen LogP contribution < -0.4 is 5.32 Å². The molecule has 0 radical (unpaired) electrons. The summed E-state index contributed by atoms with van der Waals surface area (Å²) in [5, 5.41) is 4.17. The number of benzene rings is 1. The van der Waals surface area contributed by atoms with Gasteiger partial charge in [-0.3, -0.25) is 19.4 Å². The number of halogens is 1. The Kier molecular flexibility index (Phi) is 6.73. The van der Waals surface area contributed by atoms with Crippen molar-refractivity contribution in [1.29, 1.82) is 0 Å². The first-order valence-corrected chi connectivity index (χ1v) is 14.3. The number of rotatable bonds is 7. The van der Waals surface area contributed by atoms with E-state index in [0.717, 1.165) is 19.3 Å². The lowest BCUT2D eigenvalue weighted by Gasteiger charge is -2.41. The van der Waals surface area contributed by atoms with E-state index in [9.17, 15) is 18.8 Å². The van der Waals surface area contributed by atoms with E-state index in [0.29, 0.717) is 47.2 Å². The highest BCUT2D eigenvalue weighted by molar-refractivity contribution is 6.10. The van der Waals surface area contributed by atoms with Crippen molar-refractivity contribution in [3.8, 4) is 5.69 Å². The quantitative estimate of drug-likeness (QED) is 0.450. The van der Waals surface area contributed by atoms with Gasteiger partial charge in [0.05, 0.1) is 34.9 Å². The van der Waals surface area contributed by atoms with Crippen LogP contribution in [0.15, 0.2) is 42.9 Å². The van der Waals surface area contributed by atoms with Gasteiger partial charge in [0.25, 0.3) is 5.91 Å². The Balaban J connectivity index is 1.30. The zero-order valence-electron chi connectivity index (χ0n) is 23.4. The standard InChI is InChI=1S/C31H36FN5O3/c1-17(2)37(18(3)4)30(39)24-12-21(32)6-8-26(24)36-16-25(23-9-10-33-13-27(23)36)29(38)20-14-35(15-20)31(40)28-19-5-7-22(11-19)34-28/h6,8-10,12-13,16-20,22,28,34H,5,7,11,14-15H2,1-4H3/t19-,22+,28-/m0/s1. The van der Waals surface area contributed by atoms with Gasteiger partial charge in [0, 0.05) is 54.6 Å². The van der Waals surface area contributed by atoms with Gasteiger partial charge < -0.3 is 19.7 Å². The fourth-order valence-electron chi connectivity index (χ4n) is 6.94. The molecular weight excluding hydrogens is 509 g/mol. The molecule has 2 amide bonds. The first-order chi connectivity index (χ1) is 19.1. The Morgan fingerprint density at radius 1 is 1.05 bits per heavy atom. The van der Waals surface area contributed by atoms with Crippen LogP contribution in [0.2, 0.25) is 0 Å². The number of aromatic nitrogens is 2. The molecule has 1 aliphatic carbocycles. The van der Waals surface area contributed by atoms with Crippen LogP contribution in [-0.4, -0.2) is 74.2 Å². The predicted octanol–water partition coefficient (Wildman–Crippen LogP) is 4.21. The molecule has 3 aromatic rings. The Morgan fingerprint density at radius 2 is 1.80 bits per heavy atom. The number of ketones is 1. The van der Waals surface area contributed by atoms with Gasteiger partial charge in [-0.05, 0) is 77.1 Å². The molecule has 1 saturated carbocycles. The molecule has 210 valence electrons. The van der Waals surface area contributed by atoms with Crippen molar-refractivity contribution in [1.82, 2.24) is 24.7 Å². The number of nitrogens with one attached hydrogen (secondary N) is 1. The van der Waals surface area contributed by atoms with Crippen LogP contribution in [-0.2, 0) is 4.79 Å². The average Bonchev–Trinajstić information content (AvgIpc) is 3.62. The Morgan fingerprint density at radius 3 is 2.45 bits per heavy atom. The molecule has 4 heterocycles. The lowest BCUT2D eigenvalue weighted by Crippen LogP contribution is -2.59. The lowest BCUT2D eigenvalue weighted by atomic mass is 9.89. The number of fused-ring (bicyclic) bond motifs is 3. The van der Waals surface area contributed by atoms with Gasteiger partial charge in [0.15, 0.2) is 5.78 Å². The maximum absolute atomic E-state index is 14.5. The van der Waals surface area contributed by atoms with Crippen LogP contribution in [0.3, 0.4) is 0 Å². The minimum absolute atomic E-state index is 0.0409. The molecular formula is C31H36FN5O3. The topological polar surface area (TPSA) is 87.5 Å². The third-order valence-corrected chi connectivity index (χ3v) is 8.86. The average molecular weight is 546 g/mol. The minimum Gasteiger partial charge on any atom is -0.340 e.